The summed E-state index contributed by atoms with van der Waals surface area (Å²) in [5, 5.41) is 8.52. The van der Waals surface area contributed by atoms with Gasteiger partial charge in [0.25, 0.3) is 0 Å². The second-order valence-electron chi connectivity index (χ2n) is 5.59. The number of nitrogens with one attached hydrogen (secondary N) is 2. The molecule has 0 aromatic carbocycles. The summed E-state index contributed by atoms with van der Waals surface area (Å²) in [5.41, 5.74) is 1.10. The third-order valence-corrected chi connectivity index (χ3v) is 5.06. The zero-order chi connectivity index (χ0) is 13.1. The quantitative estimate of drug-likeness (QED) is 0.891. The lowest BCUT2D eigenvalue weighted by atomic mass is 9.79. The van der Waals surface area contributed by atoms with Crippen molar-refractivity contribution in [2.24, 2.45) is 0 Å². The lowest BCUT2D eigenvalue weighted by Crippen LogP contribution is -2.40. The summed E-state index contributed by atoms with van der Waals surface area (Å²) >= 11 is 1.68. The van der Waals surface area contributed by atoms with Crippen LogP contribution in [0, 0.1) is 0 Å². The van der Waals surface area contributed by atoms with Crippen molar-refractivity contribution >= 4 is 17.2 Å². The van der Waals surface area contributed by atoms with Gasteiger partial charge in [0, 0.05) is 28.6 Å². The van der Waals surface area contributed by atoms with Crippen LogP contribution in [-0.2, 0) is 11.3 Å². The highest BCUT2D eigenvalue weighted by Gasteiger charge is 2.37. The molecular formula is C15H20N2OS. The van der Waals surface area contributed by atoms with Gasteiger partial charge in [0.1, 0.15) is 0 Å². The van der Waals surface area contributed by atoms with Crippen molar-refractivity contribution in [3.63, 3.8) is 0 Å². The van der Waals surface area contributed by atoms with Gasteiger partial charge in [-0.15, -0.1) is 11.3 Å². The first kappa shape index (κ1) is 12.7. The predicted octanol–water partition coefficient (Wildman–Crippen LogP) is 2.94. The van der Waals surface area contributed by atoms with Gasteiger partial charge in [0.2, 0.25) is 5.91 Å². The molecule has 1 saturated carbocycles. The summed E-state index contributed by atoms with van der Waals surface area (Å²) in [6.07, 6.45) is 9.13. The molecule has 0 bridgehead atoms. The van der Waals surface area contributed by atoms with Crippen molar-refractivity contribution in [1.29, 1.82) is 0 Å². The fourth-order valence-corrected chi connectivity index (χ4v) is 3.74. The van der Waals surface area contributed by atoms with E-state index in [1.54, 1.807) is 11.3 Å². The Morgan fingerprint density at radius 1 is 1.37 bits per heavy atom. The van der Waals surface area contributed by atoms with Crippen molar-refractivity contribution in [1.82, 2.24) is 10.6 Å². The molecule has 2 heterocycles. The molecule has 1 amide bonds. The Labute approximate surface area is 118 Å². The first-order chi connectivity index (χ1) is 9.27. The Balaban J connectivity index is 1.53. The third-order valence-electron chi connectivity index (χ3n) is 4.19. The van der Waals surface area contributed by atoms with E-state index in [1.165, 1.54) is 37.0 Å². The third kappa shape index (κ3) is 2.84. The minimum atomic E-state index is 0.0864. The molecule has 1 aromatic heterocycles. The number of rotatable bonds is 3. The minimum absolute atomic E-state index is 0.0864. The van der Waals surface area contributed by atoms with Crippen LogP contribution in [0.15, 0.2) is 29.3 Å². The van der Waals surface area contributed by atoms with Crippen molar-refractivity contribution in [3.8, 4) is 0 Å². The number of carbonyl (C=O) groups is 1. The Morgan fingerprint density at radius 3 is 2.95 bits per heavy atom. The fraction of sp³-hybridized carbons (Fsp3) is 0.533. The fourth-order valence-electron chi connectivity index (χ4n) is 3.10. The van der Waals surface area contributed by atoms with Gasteiger partial charge in [-0.25, -0.2) is 0 Å². The lowest BCUT2D eigenvalue weighted by Gasteiger charge is -2.34. The van der Waals surface area contributed by atoms with Gasteiger partial charge in [-0.3, -0.25) is 4.79 Å². The highest BCUT2D eigenvalue weighted by molar-refractivity contribution is 7.09. The molecule has 1 spiro atoms. The molecule has 0 unspecified atom stereocenters. The maximum absolute atomic E-state index is 12.2. The summed E-state index contributed by atoms with van der Waals surface area (Å²) in [6.45, 7) is 0.640. The molecular weight excluding hydrogens is 256 g/mol. The molecule has 3 rings (SSSR count). The predicted molar refractivity (Wildman–Crippen MR) is 77.8 cm³/mol. The van der Waals surface area contributed by atoms with Crippen molar-refractivity contribution in [3.05, 3.63) is 34.2 Å². The van der Waals surface area contributed by atoms with E-state index in [-0.39, 0.29) is 11.4 Å². The van der Waals surface area contributed by atoms with E-state index in [2.05, 4.69) is 16.7 Å². The summed E-state index contributed by atoms with van der Waals surface area (Å²) in [6, 6.07) is 4.06. The van der Waals surface area contributed by atoms with Gasteiger partial charge in [-0.1, -0.05) is 25.3 Å². The van der Waals surface area contributed by atoms with E-state index in [0.717, 1.165) is 12.0 Å². The molecule has 2 N–H and O–H groups in total. The van der Waals surface area contributed by atoms with Gasteiger partial charge in [0.15, 0.2) is 0 Å². The molecule has 4 heteroatoms. The first-order valence-electron chi connectivity index (χ1n) is 7.05. The molecule has 3 nitrogen and oxygen atoms in total. The van der Waals surface area contributed by atoms with Crippen LogP contribution in [0.3, 0.4) is 0 Å². The highest BCUT2D eigenvalue weighted by Crippen LogP contribution is 2.36. The van der Waals surface area contributed by atoms with Crippen LogP contribution in [0.5, 0.6) is 0 Å². The average molecular weight is 276 g/mol. The van der Waals surface area contributed by atoms with Crippen LogP contribution >= 0.6 is 11.3 Å². The zero-order valence-electron chi connectivity index (χ0n) is 11.1. The largest absolute Gasteiger partial charge is 0.385 e. The first-order valence-corrected chi connectivity index (χ1v) is 7.93. The summed E-state index contributed by atoms with van der Waals surface area (Å²) in [5.74, 6) is 0.0864. The van der Waals surface area contributed by atoms with Gasteiger partial charge in [0.05, 0.1) is 6.54 Å². The molecule has 1 fully saturated rings. The second-order valence-corrected chi connectivity index (χ2v) is 6.63. The number of amides is 1. The number of hydrogen-bond donors (Lipinski definition) is 2. The topological polar surface area (TPSA) is 41.1 Å². The summed E-state index contributed by atoms with van der Waals surface area (Å²) < 4.78 is 0. The Bertz CT molecular complexity index is 472. The van der Waals surface area contributed by atoms with E-state index in [9.17, 15) is 4.79 Å². The van der Waals surface area contributed by atoms with Crippen LogP contribution < -0.4 is 10.6 Å². The maximum Gasteiger partial charge on any atom is 0.249 e. The average Bonchev–Trinajstić information content (AvgIpc) is 3.07. The van der Waals surface area contributed by atoms with Crippen LogP contribution in [-0.4, -0.2) is 11.4 Å². The summed E-state index contributed by atoms with van der Waals surface area (Å²) in [4.78, 5) is 13.4. The summed E-state index contributed by atoms with van der Waals surface area (Å²) in [7, 11) is 0. The van der Waals surface area contributed by atoms with Gasteiger partial charge in [-0.05, 0) is 24.3 Å². The lowest BCUT2D eigenvalue weighted by molar-refractivity contribution is -0.117. The molecule has 1 aromatic rings. The monoisotopic (exact) mass is 276 g/mol. The number of thiophene rings is 1. The zero-order valence-corrected chi connectivity index (χ0v) is 11.9. The minimum Gasteiger partial charge on any atom is -0.385 e. The van der Waals surface area contributed by atoms with Crippen LogP contribution in [0.25, 0.3) is 0 Å². The van der Waals surface area contributed by atoms with Crippen LogP contribution in [0.2, 0.25) is 0 Å². The van der Waals surface area contributed by atoms with Crippen molar-refractivity contribution < 1.29 is 4.79 Å². The Hall–Kier alpha value is -1.29. The standard InChI is InChI=1S/C15H20N2OS/c18-14(16-11-13-5-4-8-19-13)12-9-15(17-10-12)6-2-1-3-7-15/h4-5,8,10,17H,1-3,6-7,9,11H2,(H,16,18). The number of hydrogen-bond acceptors (Lipinski definition) is 3. The molecule has 2 aliphatic rings. The molecule has 1 aliphatic carbocycles. The van der Waals surface area contributed by atoms with Gasteiger partial charge >= 0.3 is 0 Å². The van der Waals surface area contributed by atoms with E-state index >= 15 is 0 Å². The maximum atomic E-state index is 12.2. The van der Waals surface area contributed by atoms with Gasteiger partial charge < -0.3 is 10.6 Å². The van der Waals surface area contributed by atoms with E-state index in [0.29, 0.717) is 6.54 Å². The molecule has 0 atom stereocenters. The normalized spacial score (nSPS) is 20.9. The SMILES string of the molecule is O=C(NCc1cccs1)C1=CNC2(CCCCC2)C1. The van der Waals surface area contributed by atoms with Gasteiger partial charge in [-0.2, -0.15) is 0 Å². The molecule has 0 saturated heterocycles. The van der Waals surface area contributed by atoms with Crippen LogP contribution in [0.4, 0.5) is 0 Å². The van der Waals surface area contributed by atoms with Crippen molar-refractivity contribution in [2.75, 3.05) is 0 Å². The second kappa shape index (κ2) is 5.37. The van der Waals surface area contributed by atoms with E-state index in [1.807, 2.05) is 17.6 Å². The van der Waals surface area contributed by atoms with Crippen molar-refractivity contribution in [2.45, 2.75) is 50.6 Å². The molecule has 19 heavy (non-hydrogen) atoms. The van der Waals surface area contributed by atoms with E-state index < -0.39 is 0 Å². The van der Waals surface area contributed by atoms with E-state index in [4.69, 9.17) is 0 Å². The Kier molecular flexibility index (Phi) is 3.60. The molecule has 1 aliphatic heterocycles. The molecule has 0 radical (unpaired) electrons. The van der Waals surface area contributed by atoms with Crippen LogP contribution in [0.1, 0.15) is 43.4 Å². The smallest absolute Gasteiger partial charge is 0.249 e. The molecule has 102 valence electrons. The number of carbonyl (C=O) groups excluding carboxylic acids is 1. The Morgan fingerprint density at radius 2 is 2.21 bits per heavy atom. The highest BCUT2D eigenvalue weighted by atomic mass is 32.1.